The number of carbonyl (C=O) groups excluding carboxylic acids is 2. The summed E-state index contributed by atoms with van der Waals surface area (Å²) in [5.41, 5.74) is 0.685. The van der Waals surface area contributed by atoms with E-state index in [1.165, 1.54) is 25.6 Å². The van der Waals surface area contributed by atoms with Crippen molar-refractivity contribution in [3.63, 3.8) is 0 Å². The van der Waals surface area contributed by atoms with Gasteiger partial charge in [-0.25, -0.2) is 4.98 Å². The van der Waals surface area contributed by atoms with Gasteiger partial charge in [-0.05, 0) is 45.3 Å². The predicted molar refractivity (Wildman–Crippen MR) is 105 cm³/mol. The Morgan fingerprint density at radius 1 is 1.15 bits per heavy atom. The zero-order valence-electron chi connectivity index (χ0n) is 15.9. The van der Waals surface area contributed by atoms with Crippen molar-refractivity contribution in [3.05, 3.63) is 34.8 Å². The first-order valence-corrected chi connectivity index (χ1v) is 9.24. The van der Waals surface area contributed by atoms with E-state index >= 15 is 0 Å². The van der Waals surface area contributed by atoms with E-state index in [1.54, 1.807) is 23.6 Å². The van der Waals surface area contributed by atoms with Crippen LogP contribution in [0.1, 0.15) is 27.3 Å². The van der Waals surface area contributed by atoms with Crippen molar-refractivity contribution in [2.24, 2.45) is 0 Å². The summed E-state index contributed by atoms with van der Waals surface area (Å²) in [5.74, 6) is 0.401. The summed E-state index contributed by atoms with van der Waals surface area (Å²) in [6.45, 7) is 1.46. The molecular weight excluding hydrogens is 368 g/mol. The summed E-state index contributed by atoms with van der Waals surface area (Å²) >= 11 is 1.19. The lowest BCUT2D eigenvalue weighted by atomic mass is 10.2. The molecule has 146 valence electrons. The molecular formula is C18H24N4O4S. The second kappa shape index (κ2) is 9.89. The van der Waals surface area contributed by atoms with Gasteiger partial charge in [0, 0.05) is 17.5 Å². The standard InChI is InChI=1S/C18H24N4O4S/c1-22(2)9-5-8-19-17(24)13-11-27-18(20-13)21-16(23)12-6-7-14(25-3)15(10-12)26-4/h6-7,10-11H,5,8-9H2,1-4H3,(H,19,24)(H,20,21,23). The van der Waals surface area contributed by atoms with Gasteiger partial charge in [-0.1, -0.05) is 0 Å². The number of amides is 2. The zero-order chi connectivity index (χ0) is 19.8. The van der Waals surface area contributed by atoms with Gasteiger partial charge in [0.15, 0.2) is 16.6 Å². The molecule has 0 saturated carbocycles. The zero-order valence-corrected chi connectivity index (χ0v) is 16.7. The molecule has 2 aromatic rings. The smallest absolute Gasteiger partial charge is 0.270 e. The molecule has 2 rings (SSSR count). The molecule has 1 aromatic carbocycles. The number of nitrogens with zero attached hydrogens (tertiary/aromatic N) is 2. The van der Waals surface area contributed by atoms with E-state index in [0.29, 0.717) is 28.7 Å². The first kappa shape index (κ1) is 20.7. The van der Waals surface area contributed by atoms with Gasteiger partial charge in [0.25, 0.3) is 11.8 Å². The van der Waals surface area contributed by atoms with Gasteiger partial charge in [0.05, 0.1) is 14.2 Å². The van der Waals surface area contributed by atoms with Crippen LogP contribution in [0.4, 0.5) is 5.13 Å². The Balaban J connectivity index is 1.94. The summed E-state index contributed by atoms with van der Waals surface area (Å²) in [5, 5.41) is 7.48. The average Bonchev–Trinajstić information content (AvgIpc) is 3.12. The van der Waals surface area contributed by atoms with Crippen LogP contribution in [0, 0.1) is 0 Å². The number of aromatic nitrogens is 1. The topological polar surface area (TPSA) is 92.8 Å². The summed E-state index contributed by atoms with van der Waals surface area (Å²) < 4.78 is 10.4. The van der Waals surface area contributed by atoms with E-state index in [0.717, 1.165) is 13.0 Å². The molecule has 8 nitrogen and oxygen atoms in total. The van der Waals surface area contributed by atoms with Crippen molar-refractivity contribution < 1.29 is 19.1 Å². The van der Waals surface area contributed by atoms with Gasteiger partial charge in [0.2, 0.25) is 0 Å². The van der Waals surface area contributed by atoms with Crippen LogP contribution in [0.15, 0.2) is 23.6 Å². The molecule has 0 atom stereocenters. The molecule has 0 aliphatic rings. The van der Waals surface area contributed by atoms with Gasteiger partial charge in [0.1, 0.15) is 5.69 Å². The number of ether oxygens (including phenoxy) is 2. The lowest BCUT2D eigenvalue weighted by molar-refractivity contribution is 0.0946. The predicted octanol–water partition coefficient (Wildman–Crippen LogP) is 2.09. The minimum atomic E-state index is -0.344. The van der Waals surface area contributed by atoms with E-state index in [1.807, 2.05) is 14.1 Å². The Kier molecular flexibility index (Phi) is 7.56. The molecule has 0 saturated heterocycles. The fourth-order valence-corrected chi connectivity index (χ4v) is 2.96. The maximum Gasteiger partial charge on any atom is 0.270 e. The van der Waals surface area contributed by atoms with Crippen molar-refractivity contribution in [1.29, 1.82) is 0 Å². The number of benzene rings is 1. The highest BCUT2D eigenvalue weighted by Gasteiger charge is 2.15. The van der Waals surface area contributed by atoms with E-state index in [2.05, 4.69) is 20.5 Å². The summed E-state index contributed by atoms with van der Waals surface area (Å²) in [4.78, 5) is 30.7. The van der Waals surface area contributed by atoms with Gasteiger partial charge in [-0.2, -0.15) is 0 Å². The SMILES string of the molecule is COc1ccc(C(=O)Nc2nc(C(=O)NCCCN(C)C)cs2)cc1OC. The molecule has 0 aliphatic heterocycles. The fourth-order valence-electron chi connectivity index (χ4n) is 2.27. The molecule has 0 radical (unpaired) electrons. The first-order chi connectivity index (χ1) is 12.9. The molecule has 9 heteroatoms. The van der Waals surface area contributed by atoms with Gasteiger partial charge < -0.3 is 19.7 Å². The minimum Gasteiger partial charge on any atom is -0.493 e. The third-order valence-corrected chi connectivity index (χ3v) is 4.43. The Labute approximate surface area is 162 Å². The third-order valence-electron chi connectivity index (χ3n) is 3.67. The minimum absolute atomic E-state index is 0.253. The van der Waals surface area contributed by atoms with Crippen LogP contribution < -0.4 is 20.1 Å². The van der Waals surface area contributed by atoms with Crippen LogP contribution in [-0.4, -0.2) is 63.1 Å². The number of carbonyl (C=O) groups is 2. The number of nitrogens with one attached hydrogen (secondary N) is 2. The number of hydrogen-bond acceptors (Lipinski definition) is 7. The van der Waals surface area contributed by atoms with Crippen LogP contribution in [0.25, 0.3) is 0 Å². The van der Waals surface area contributed by atoms with E-state index in [-0.39, 0.29) is 17.5 Å². The molecule has 27 heavy (non-hydrogen) atoms. The third kappa shape index (κ3) is 5.93. The van der Waals surface area contributed by atoms with E-state index in [4.69, 9.17) is 9.47 Å². The first-order valence-electron chi connectivity index (χ1n) is 8.36. The highest BCUT2D eigenvalue weighted by molar-refractivity contribution is 7.14. The molecule has 1 heterocycles. The van der Waals surface area contributed by atoms with Crippen LogP contribution in [-0.2, 0) is 0 Å². The molecule has 0 unspecified atom stereocenters. The molecule has 0 aliphatic carbocycles. The highest BCUT2D eigenvalue weighted by atomic mass is 32.1. The maximum absolute atomic E-state index is 12.4. The van der Waals surface area contributed by atoms with Crippen molar-refractivity contribution in [2.45, 2.75) is 6.42 Å². The Morgan fingerprint density at radius 2 is 1.89 bits per heavy atom. The lowest BCUT2D eigenvalue weighted by Gasteiger charge is -2.09. The van der Waals surface area contributed by atoms with Crippen LogP contribution >= 0.6 is 11.3 Å². The summed E-state index contributed by atoms with van der Waals surface area (Å²) in [7, 11) is 7.00. The number of hydrogen-bond donors (Lipinski definition) is 2. The molecule has 0 spiro atoms. The van der Waals surface area contributed by atoms with Crippen LogP contribution in [0.3, 0.4) is 0 Å². The van der Waals surface area contributed by atoms with E-state index in [9.17, 15) is 9.59 Å². The van der Waals surface area contributed by atoms with Gasteiger partial charge >= 0.3 is 0 Å². The normalized spacial score (nSPS) is 10.6. The van der Waals surface area contributed by atoms with Crippen LogP contribution in [0.2, 0.25) is 0 Å². The van der Waals surface area contributed by atoms with Crippen molar-refractivity contribution >= 4 is 28.3 Å². The number of thiazole rings is 1. The number of methoxy groups -OCH3 is 2. The second-order valence-electron chi connectivity index (χ2n) is 5.97. The number of rotatable bonds is 9. The average molecular weight is 392 g/mol. The Bertz CT molecular complexity index is 791. The Hall–Kier alpha value is -2.65. The Morgan fingerprint density at radius 3 is 2.56 bits per heavy atom. The maximum atomic E-state index is 12.4. The highest BCUT2D eigenvalue weighted by Crippen LogP contribution is 2.28. The molecule has 1 aromatic heterocycles. The molecule has 0 bridgehead atoms. The van der Waals surface area contributed by atoms with E-state index < -0.39 is 0 Å². The largest absolute Gasteiger partial charge is 0.493 e. The molecule has 2 N–H and O–H groups in total. The summed E-state index contributed by atoms with van der Waals surface area (Å²) in [6.07, 6.45) is 0.853. The lowest BCUT2D eigenvalue weighted by Crippen LogP contribution is -2.27. The molecule has 2 amide bonds. The second-order valence-corrected chi connectivity index (χ2v) is 6.83. The fraction of sp³-hybridized carbons (Fsp3) is 0.389. The molecule has 0 fully saturated rings. The van der Waals surface area contributed by atoms with Crippen molar-refractivity contribution in [3.8, 4) is 11.5 Å². The monoisotopic (exact) mass is 392 g/mol. The van der Waals surface area contributed by atoms with Gasteiger partial charge in [-0.3, -0.25) is 14.9 Å². The van der Waals surface area contributed by atoms with Crippen LogP contribution in [0.5, 0.6) is 11.5 Å². The van der Waals surface area contributed by atoms with Gasteiger partial charge in [-0.15, -0.1) is 11.3 Å². The number of anilines is 1. The van der Waals surface area contributed by atoms with Crippen molar-refractivity contribution in [2.75, 3.05) is 46.7 Å². The van der Waals surface area contributed by atoms with Crippen molar-refractivity contribution in [1.82, 2.24) is 15.2 Å². The summed E-state index contributed by atoms with van der Waals surface area (Å²) in [6, 6.07) is 4.87. The quantitative estimate of drug-likeness (QED) is 0.635.